The van der Waals surface area contributed by atoms with Crippen LogP contribution >= 0.6 is 0 Å². The first-order valence-electron chi connectivity index (χ1n) is 7.04. The molecule has 0 bridgehead atoms. The molecule has 120 valence electrons. The Balaban J connectivity index is 2.63. The van der Waals surface area contributed by atoms with Crippen molar-refractivity contribution in [2.45, 2.75) is 19.9 Å². The molecule has 6 nitrogen and oxygen atoms in total. The van der Waals surface area contributed by atoms with E-state index in [1.54, 1.807) is 57.2 Å². The highest BCUT2D eigenvalue weighted by Crippen LogP contribution is 2.11. The van der Waals surface area contributed by atoms with E-state index < -0.39 is 6.04 Å². The van der Waals surface area contributed by atoms with Gasteiger partial charge in [-0.15, -0.1) is 0 Å². The second-order valence-corrected chi connectivity index (χ2v) is 5.50. The lowest BCUT2D eigenvalue weighted by Crippen LogP contribution is -2.44. The SMILES string of the molecule is CC(=O)c1ccc(NC(=O)[C@@H](C)N(C)CC(=O)N(C)C)cc1. The van der Waals surface area contributed by atoms with E-state index in [1.807, 2.05) is 0 Å². The molecule has 0 fully saturated rings. The molecule has 0 spiro atoms. The van der Waals surface area contributed by atoms with E-state index in [0.29, 0.717) is 11.3 Å². The van der Waals surface area contributed by atoms with Crippen molar-refractivity contribution in [2.75, 3.05) is 33.0 Å². The largest absolute Gasteiger partial charge is 0.348 e. The van der Waals surface area contributed by atoms with E-state index in [2.05, 4.69) is 5.32 Å². The highest BCUT2D eigenvalue weighted by molar-refractivity contribution is 5.97. The average molecular weight is 305 g/mol. The summed E-state index contributed by atoms with van der Waals surface area (Å²) in [6.45, 7) is 3.40. The standard InChI is InChI=1S/C16H23N3O3/c1-11(19(5)10-15(21)18(3)4)16(22)17-14-8-6-13(7-9-14)12(2)20/h6-9,11H,10H2,1-5H3,(H,17,22)/t11-/m1/s1. The summed E-state index contributed by atoms with van der Waals surface area (Å²) >= 11 is 0. The lowest BCUT2D eigenvalue weighted by Gasteiger charge is -2.24. The number of amides is 2. The Kier molecular flexibility index (Phi) is 6.24. The molecular formula is C16H23N3O3. The first-order valence-corrected chi connectivity index (χ1v) is 7.04. The Labute approximate surface area is 131 Å². The zero-order valence-electron chi connectivity index (χ0n) is 13.7. The van der Waals surface area contributed by atoms with E-state index in [-0.39, 0.29) is 24.1 Å². The normalized spacial score (nSPS) is 11.9. The van der Waals surface area contributed by atoms with Crippen LogP contribution in [0, 0.1) is 0 Å². The maximum absolute atomic E-state index is 12.2. The number of Topliss-reactive ketones (excluding diaryl/α,β-unsaturated/α-hetero) is 1. The molecular weight excluding hydrogens is 282 g/mol. The van der Waals surface area contributed by atoms with Crippen molar-refractivity contribution in [1.29, 1.82) is 0 Å². The number of anilines is 1. The molecule has 2 amide bonds. The predicted molar refractivity (Wildman–Crippen MR) is 85.9 cm³/mol. The van der Waals surface area contributed by atoms with Gasteiger partial charge in [0, 0.05) is 25.3 Å². The van der Waals surface area contributed by atoms with Crippen molar-refractivity contribution in [3.8, 4) is 0 Å². The Morgan fingerprint density at radius 3 is 2.09 bits per heavy atom. The summed E-state index contributed by atoms with van der Waals surface area (Å²) in [6.07, 6.45) is 0. The predicted octanol–water partition coefficient (Wildman–Crippen LogP) is 1.24. The third-order valence-electron chi connectivity index (χ3n) is 3.48. The van der Waals surface area contributed by atoms with Crippen molar-refractivity contribution in [2.24, 2.45) is 0 Å². The summed E-state index contributed by atoms with van der Waals surface area (Å²) in [7, 11) is 5.08. The highest BCUT2D eigenvalue weighted by atomic mass is 16.2. The van der Waals surface area contributed by atoms with Crippen LogP contribution < -0.4 is 5.32 Å². The molecule has 0 saturated heterocycles. The lowest BCUT2D eigenvalue weighted by atomic mass is 10.1. The Hall–Kier alpha value is -2.21. The summed E-state index contributed by atoms with van der Waals surface area (Å²) in [5.41, 5.74) is 1.22. The molecule has 0 radical (unpaired) electrons. The quantitative estimate of drug-likeness (QED) is 0.803. The fourth-order valence-electron chi connectivity index (χ4n) is 1.73. The van der Waals surface area contributed by atoms with Crippen LogP contribution in [0.3, 0.4) is 0 Å². The minimum Gasteiger partial charge on any atom is -0.348 e. The van der Waals surface area contributed by atoms with E-state index in [0.717, 1.165) is 0 Å². The first-order chi connectivity index (χ1) is 10.2. The molecule has 0 heterocycles. The van der Waals surface area contributed by atoms with E-state index in [4.69, 9.17) is 0 Å². The average Bonchev–Trinajstić information content (AvgIpc) is 2.46. The molecule has 1 atom stereocenters. The number of hydrogen-bond donors (Lipinski definition) is 1. The number of carbonyl (C=O) groups excluding carboxylic acids is 3. The number of carbonyl (C=O) groups is 3. The molecule has 0 saturated carbocycles. The zero-order chi connectivity index (χ0) is 16.9. The van der Waals surface area contributed by atoms with Gasteiger partial charge in [0.05, 0.1) is 12.6 Å². The van der Waals surface area contributed by atoms with Gasteiger partial charge in [0.1, 0.15) is 0 Å². The van der Waals surface area contributed by atoms with Crippen LogP contribution in [0.25, 0.3) is 0 Å². The number of ketones is 1. The van der Waals surface area contributed by atoms with E-state index in [1.165, 1.54) is 11.8 Å². The minimum absolute atomic E-state index is 0.0202. The van der Waals surface area contributed by atoms with Gasteiger partial charge in [0.15, 0.2) is 5.78 Å². The third-order valence-corrected chi connectivity index (χ3v) is 3.48. The summed E-state index contributed by atoms with van der Waals surface area (Å²) in [5, 5.41) is 2.77. The second-order valence-electron chi connectivity index (χ2n) is 5.50. The molecule has 1 N–H and O–H groups in total. The summed E-state index contributed by atoms with van der Waals surface area (Å²) in [5.74, 6) is -0.286. The van der Waals surface area contributed by atoms with Gasteiger partial charge in [0.2, 0.25) is 11.8 Å². The van der Waals surface area contributed by atoms with Crippen molar-refractivity contribution >= 4 is 23.3 Å². The van der Waals surface area contributed by atoms with Crippen molar-refractivity contribution in [1.82, 2.24) is 9.80 Å². The van der Waals surface area contributed by atoms with Gasteiger partial charge in [-0.1, -0.05) is 0 Å². The summed E-state index contributed by atoms with van der Waals surface area (Å²) < 4.78 is 0. The number of nitrogens with one attached hydrogen (secondary N) is 1. The van der Waals surface area contributed by atoms with Crippen molar-refractivity contribution < 1.29 is 14.4 Å². The van der Waals surface area contributed by atoms with Crippen LogP contribution in [-0.2, 0) is 9.59 Å². The summed E-state index contributed by atoms with van der Waals surface area (Å²) in [4.78, 5) is 38.2. The molecule has 0 unspecified atom stereocenters. The number of rotatable bonds is 6. The smallest absolute Gasteiger partial charge is 0.241 e. The molecule has 6 heteroatoms. The molecule has 1 aromatic rings. The fourth-order valence-corrected chi connectivity index (χ4v) is 1.73. The van der Waals surface area contributed by atoms with Crippen LogP contribution in [0.1, 0.15) is 24.2 Å². The van der Waals surface area contributed by atoms with Crippen LogP contribution in [0.5, 0.6) is 0 Å². The maximum Gasteiger partial charge on any atom is 0.241 e. The summed E-state index contributed by atoms with van der Waals surface area (Å²) in [6, 6.07) is 6.26. The molecule has 0 aliphatic carbocycles. The van der Waals surface area contributed by atoms with Gasteiger partial charge in [-0.3, -0.25) is 19.3 Å². The van der Waals surface area contributed by atoms with Gasteiger partial charge in [-0.05, 0) is 45.2 Å². The first kappa shape index (κ1) is 17.8. The van der Waals surface area contributed by atoms with Gasteiger partial charge >= 0.3 is 0 Å². The van der Waals surface area contributed by atoms with Gasteiger partial charge < -0.3 is 10.2 Å². The van der Waals surface area contributed by atoms with Crippen LogP contribution in [0.4, 0.5) is 5.69 Å². The molecule has 22 heavy (non-hydrogen) atoms. The monoisotopic (exact) mass is 305 g/mol. The molecule has 0 aromatic heterocycles. The molecule has 1 rings (SSSR count). The van der Waals surface area contributed by atoms with Crippen LogP contribution in [-0.4, -0.2) is 61.1 Å². The Morgan fingerprint density at radius 1 is 1.09 bits per heavy atom. The number of likely N-dealkylation sites (N-methyl/N-ethyl adjacent to an activating group) is 2. The number of hydrogen-bond acceptors (Lipinski definition) is 4. The van der Waals surface area contributed by atoms with Crippen LogP contribution in [0.2, 0.25) is 0 Å². The van der Waals surface area contributed by atoms with E-state index in [9.17, 15) is 14.4 Å². The van der Waals surface area contributed by atoms with Crippen LogP contribution in [0.15, 0.2) is 24.3 Å². The van der Waals surface area contributed by atoms with Crippen molar-refractivity contribution in [3.63, 3.8) is 0 Å². The third kappa shape index (κ3) is 4.96. The molecule has 0 aliphatic rings. The van der Waals surface area contributed by atoms with Gasteiger partial charge in [-0.2, -0.15) is 0 Å². The number of benzene rings is 1. The lowest BCUT2D eigenvalue weighted by molar-refractivity contribution is -0.131. The minimum atomic E-state index is -0.448. The number of nitrogens with zero attached hydrogens (tertiary/aromatic N) is 2. The Morgan fingerprint density at radius 2 is 1.64 bits per heavy atom. The maximum atomic E-state index is 12.2. The molecule has 1 aromatic carbocycles. The zero-order valence-corrected chi connectivity index (χ0v) is 13.7. The molecule has 0 aliphatic heterocycles. The highest BCUT2D eigenvalue weighted by Gasteiger charge is 2.20. The topological polar surface area (TPSA) is 69.7 Å². The van der Waals surface area contributed by atoms with E-state index >= 15 is 0 Å². The van der Waals surface area contributed by atoms with Gasteiger partial charge in [-0.25, -0.2) is 0 Å². The van der Waals surface area contributed by atoms with Gasteiger partial charge in [0.25, 0.3) is 0 Å². The Bertz CT molecular complexity index is 552. The second kappa shape index (κ2) is 7.70. The fraction of sp³-hybridized carbons (Fsp3) is 0.438. The van der Waals surface area contributed by atoms with Crippen molar-refractivity contribution in [3.05, 3.63) is 29.8 Å².